The van der Waals surface area contributed by atoms with Crippen molar-refractivity contribution < 1.29 is 14.1 Å². The van der Waals surface area contributed by atoms with E-state index in [0.717, 1.165) is 6.07 Å². The molecule has 0 aliphatic carbocycles. The van der Waals surface area contributed by atoms with Gasteiger partial charge in [0.05, 0.1) is 4.92 Å². The quantitative estimate of drug-likeness (QED) is 0.365. The van der Waals surface area contributed by atoms with Gasteiger partial charge in [-0.3, -0.25) is 14.9 Å². The molecule has 6 nitrogen and oxygen atoms in total. The first-order valence-electron chi connectivity index (χ1n) is 5.25. The molecule has 0 radical (unpaired) electrons. The van der Waals surface area contributed by atoms with E-state index in [1.807, 2.05) is 0 Å². The third kappa shape index (κ3) is 2.10. The van der Waals surface area contributed by atoms with Gasteiger partial charge in [-0.05, 0) is 25.5 Å². The third-order valence-corrected chi connectivity index (χ3v) is 2.98. The molecule has 98 valence electrons. The van der Waals surface area contributed by atoms with Gasteiger partial charge >= 0.3 is 11.3 Å². The number of carbonyl (C=O) groups excluding carboxylic acids is 1. The number of aryl methyl sites for hydroxylation is 1. The second-order valence-electron chi connectivity index (χ2n) is 4.00. The van der Waals surface area contributed by atoms with Gasteiger partial charge in [0.15, 0.2) is 5.78 Å². The van der Waals surface area contributed by atoms with Crippen LogP contribution in [0.2, 0.25) is 5.02 Å². The van der Waals surface area contributed by atoms with Crippen LogP contribution in [0.4, 0.5) is 5.69 Å². The second kappa shape index (κ2) is 4.47. The summed E-state index contributed by atoms with van der Waals surface area (Å²) < 4.78 is 4.91. The fourth-order valence-electron chi connectivity index (χ4n) is 1.94. The fourth-order valence-corrected chi connectivity index (χ4v) is 2.15. The number of nitro groups is 1. The molecule has 0 aliphatic heterocycles. The summed E-state index contributed by atoms with van der Waals surface area (Å²) in [5.74, 6) is -0.462. The summed E-state index contributed by atoms with van der Waals surface area (Å²) in [7, 11) is 0. The second-order valence-corrected chi connectivity index (χ2v) is 4.44. The van der Waals surface area contributed by atoms with Crippen LogP contribution >= 0.6 is 11.6 Å². The lowest BCUT2D eigenvalue weighted by Gasteiger charge is -2.05. The molecule has 1 heterocycles. The number of halogens is 1. The monoisotopic (exact) mass is 281 g/mol. The number of nitrogens with zero attached hydrogens (tertiary/aromatic N) is 1. The van der Waals surface area contributed by atoms with Crippen molar-refractivity contribution in [2.45, 2.75) is 13.8 Å². The van der Waals surface area contributed by atoms with E-state index in [9.17, 15) is 19.7 Å². The third-order valence-electron chi connectivity index (χ3n) is 2.76. The molecule has 0 amide bonds. The minimum absolute atomic E-state index is 0.121. The Labute approximate surface area is 111 Å². The van der Waals surface area contributed by atoms with E-state index >= 15 is 0 Å². The Kier molecular flexibility index (Phi) is 3.11. The Bertz CT molecular complexity index is 778. The number of rotatable bonds is 2. The van der Waals surface area contributed by atoms with Gasteiger partial charge in [0.1, 0.15) is 5.56 Å². The zero-order valence-electron chi connectivity index (χ0n) is 10.0. The van der Waals surface area contributed by atoms with E-state index in [0.29, 0.717) is 5.56 Å². The van der Waals surface area contributed by atoms with Crippen molar-refractivity contribution in [1.82, 2.24) is 0 Å². The van der Waals surface area contributed by atoms with Gasteiger partial charge in [-0.25, -0.2) is 4.79 Å². The van der Waals surface area contributed by atoms with Crippen molar-refractivity contribution in [1.29, 1.82) is 0 Å². The molecule has 0 spiro atoms. The average molecular weight is 282 g/mol. The minimum atomic E-state index is -0.886. The van der Waals surface area contributed by atoms with Crippen molar-refractivity contribution in [3.05, 3.63) is 48.8 Å². The molecule has 2 aromatic rings. The van der Waals surface area contributed by atoms with Crippen LogP contribution in [0.3, 0.4) is 0 Å². The first kappa shape index (κ1) is 13.2. The number of carbonyl (C=O) groups is 1. The van der Waals surface area contributed by atoms with Gasteiger partial charge in [0.25, 0.3) is 0 Å². The molecular weight excluding hydrogens is 274 g/mol. The Morgan fingerprint density at radius 2 is 2.05 bits per heavy atom. The molecule has 2 rings (SSSR count). The van der Waals surface area contributed by atoms with Crippen LogP contribution in [0.1, 0.15) is 22.8 Å². The summed E-state index contributed by atoms with van der Waals surface area (Å²) in [6, 6.07) is 2.52. The molecule has 0 N–H and O–H groups in total. The summed E-state index contributed by atoms with van der Waals surface area (Å²) in [6.07, 6.45) is 0. The van der Waals surface area contributed by atoms with Crippen LogP contribution in [0.5, 0.6) is 0 Å². The highest BCUT2D eigenvalue weighted by molar-refractivity contribution is 6.31. The number of ketones is 1. The zero-order valence-corrected chi connectivity index (χ0v) is 10.8. The van der Waals surface area contributed by atoms with Gasteiger partial charge in [-0.2, -0.15) is 0 Å². The van der Waals surface area contributed by atoms with E-state index in [-0.39, 0.29) is 21.6 Å². The topological polar surface area (TPSA) is 90.4 Å². The van der Waals surface area contributed by atoms with Crippen molar-refractivity contribution >= 4 is 34.0 Å². The maximum Gasteiger partial charge on any atom is 0.347 e. The van der Waals surface area contributed by atoms with E-state index < -0.39 is 22.0 Å². The number of hydrogen-bond acceptors (Lipinski definition) is 5. The Balaban J connectivity index is 3.04. The fraction of sp³-hybridized carbons (Fsp3) is 0.167. The number of non-ortho nitro benzene ring substituents is 1. The Hall–Kier alpha value is -2.21. The van der Waals surface area contributed by atoms with E-state index in [2.05, 4.69) is 0 Å². The van der Waals surface area contributed by atoms with Crippen LogP contribution in [0.25, 0.3) is 11.0 Å². The lowest BCUT2D eigenvalue weighted by molar-refractivity contribution is -0.383. The molecule has 19 heavy (non-hydrogen) atoms. The molecular formula is C12H8ClNO5. The van der Waals surface area contributed by atoms with Crippen molar-refractivity contribution in [2.24, 2.45) is 0 Å². The first-order valence-corrected chi connectivity index (χ1v) is 5.63. The molecule has 0 atom stereocenters. The number of benzene rings is 1. The minimum Gasteiger partial charge on any atom is -0.415 e. The van der Waals surface area contributed by atoms with E-state index in [1.54, 1.807) is 0 Å². The molecule has 0 bridgehead atoms. The van der Waals surface area contributed by atoms with Gasteiger partial charge < -0.3 is 4.42 Å². The Morgan fingerprint density at radius 3 is 2.58 bits per heavy atom. The smallest absolute Gasteiger partial charge is 0.347 e. The highest BCUT2D eigenvalue weighted by Gasteiger charge is 2.22. The van der Waals surface area contributed by atoms with Crippen LogP contribution in [0.15, 0.2) is 21.3 Å². The van der Waals surface area contributed by atoms with Crippen LogP contribution < -0.4 is 5.63 Å². The van der Waals surface area contributed by atoms with Crippen molar-refractivity contribution in [3.8, 4) is 0 Å². The molecule has 0 saturated carbocycles. The summed E-state index contributed by atoms with van der Waals surface area (Å²) >= 11 is 5.80. The average Bonchev–Trinajstić information content (AvgIpc) is 2.28. The molecule has 7 heteroatoms. The molecule has 1 aromatic carbocycles. The zero-order chi connectivity index (χ0) is 14.3. The SMILES string of the molecule is CC(=O)c1c(C)c2cc(Cl)cc([N+](=O)[O-])c2oc1=O. The highest BCUT2D eigenvalue weighted by Crippen LogP contribution is 2.31. The summed E-state index contributed by atoms with van der Waals surface area (Å²) in [5, 5.41) is 11.3. The highest BCUT2D eigenvalue weighted by atomic mass is 35.5. The van der Waals surface area contributed by atoms with Gasteiger partial charge in [0, 0.05) is 16.5 Å². The predicted molar refractivity (Wildman–Crippen MR) is 68.9 cm³/mol. The first-order chi connectivity index (χ1) is 8.82. The largest absolute Gasteiger partial charge is 0.415 e. The van der Waals surface area contributed by atoms with E-state index in [4.69, 9.17) is 16.0 Å². The van der Waals surface area contributed by atoms with Crippen LogP contribution in [-0.4, -0.2) is 10.7 Å². The summed E-state index contributed by atoms with van der Waals surface area (Å²) in [5.41, 5.74) is -1.27. The molecule has 1 aromatic heterocycles. The number of fused-ring (bicyclic) bond motifs is 1. The number of Topliss-reactive ketones (excluding diaryl/α,β-unsaturated/α-hetero) is 1. The molecule has 0 unspecified atom stereocenters. The van der Waals surface area contributed by atoms with Gasteiger partial charge in [-0.1, -0.05) is 11.6 Å². The summed E-state index contributed by atoms with van der Waals surface area (Å²) in [4.78, 5) is 33.4. The predicted octanol–water partition coefficient (Wildman–Crippen LogP) is 2.87. The molecule has 0 aliphatic rings. The van der Waals surface area contributed by atoms with Crippen molar-refractivity contribution in [3.63, 3.8) is 0 Å². The molecule has 0 saturated heterocycles. The molecule has 0 fully saturated rings. The van der Waals surface area contributed by atoms with Gasteiger partial charge in [0.2, 0.25) is 5.58 Å². The lowest BCUT2D eigenvalue weighted by Crippen LogP contribution is -2.14. The van der Waals surface area contributed by atoms with Gasteiger partial charge in [-0.15, -0.1) is 0 Å². The Morgan fingerprint density at radius 1 is 1.42 bits per heavy atom. The normalized spacial score (nSPS) is 10.7. The number of hydrogen-bond donors (Lipinski definition) is 0. The maximum absolute atomic E-state index is 11.7. The maximum atomic E-state index is 11.7. The lowest BCUT2D eigenvalue weighted by atomic mass is 10.0. The van der Waals surface area contributed by atoms with Crippen molar-refractivity contribution in [2.75, 3.05) is 0 Å². The van der Waals surface area contributed by atoms with E-state index in [1.165, 1.54) is 19.9 Å². The number of nitro benzene ring substituents is 1. The summed E-state index contributed by atoms with van der Waals surface area (Å²) in [6.45, 7) is 2.75. The van der Waals surface area contributed by atoms with Crippen LogP contribution in [0, 0.1) is 17.0 Å². The van der Waals surface area contributed by atoms with Crippen LogP contribution in [-0.2, 0) is 0 Å². The standard InChI is InChI=1S/C12H8ClNO5/c1-5-8-3-7(13)4-9(14(17)18)11(8)19-12(16)10(5)6(2)15/h3-4H,1-2H3.